The van der Waals surface area contributed by atoms with E-state index >= 15 is 0 Å². The maximum absolute atomic E-state index is 12.7. The average molecular weight is 247 g/mol. The molecule has 4 heteroatoms. The summed E-state index contributed by atoms with van der Waals surface area (Å²) < 4.78 is 11.3. The molecule has 3 rings (SSSR count). The number of hydrogen-bond acceptors (Lipinski definition) is 3. The molecule has 0 atom stereocenters. The van der Waals surface area contributed by atoms with Crippen LogP contribution in [-0.2, 0) is 20.1 Å². The van der Waals surface area contributed by atoms with Crippen LogP contribution < -0.4 is 4.90 Å². The second kappa shape index (κ2) is 3.80. The molecule has 0 radical (unpaired) electrons. The molecule has 0 saturated carbocycles. The molecule has 0 aliphatic carbocycles. The smallest absolute Gasteiger partial charge is 0.292 e. The van der Waals surface area contributed by atoms with E-state index in [-0.39, 0.29) is 11.9 Å². The number of nitrogens with zero attached hydrogens (tertiary/aromatic N) is 1. The van der Waals surface area contributed by atoms with Crippen molar-refractivity contribution in [2.24, 2.45) is 0 Å². The summed E-state index contributed by atoms with van der Waals surface area (Å²) in [5, 5.41) is 0. The van der Waals surface area contributed by atoms with E-state index in [0.29, 0.717) is 13.2 Å². The van der Waals surface area contributed by atoms with Gasteiger partial charge in [-0.2, -0.15) is 0 Å². The Kier molecular flexibility index (Phi) is 2.47. The zero-order valence-electron chi connectivity index (χ0n) is 10.9. The Morgan fingerprint density at radius 2 is 1.94 bits per heavy atom. The van der Waals surface area contributed by atoms with E-state index in [4.69, 9.17) is 9.47 Å². The summed E-state index contributed by atoms with van der Waals surface area (Å²) in [4.78, 5) is 14.4. The van der Waals surface area contributed by atoms with Crippen molar-refractivity contribution in [3.8, 4) is 0 Å². The second-order valence-electron chi connectivity index (χ2n) is 5.05. The summed E-state index contributed by atoms with van der Waals surface area (Å²) in [7, 11) is 0. The van der Waals surface area contributed by atoms with Crippen LogP contribution in [0.5, 0.6) is 0 Å². The van der Waals surface area contributed by atoms with Gasteiger partial charge in [0.25, 0.3) is 11.7 Å². The molecule has 1 amide bonds. The Labute approximate surface area is 106 Å². The van der Waals surface area contributed by atoms with Crippen molar-refractivity contribution in [2.75, 3.05) is 18.1 Å². The molecule has 0 N–H and O–H groups in total. The molecule has 0 unspecified atom stereocenters. The molecule has 1 fully saturated rings. The number of para-hydroxylation sites is 1. The van der Waals surface area contributed by atoms with Crippen LogP contribution in [0.4, 0.5) is 5.69 Å². The van der Waals surface area contributed by atoms with Gasteiger partial charge in [-0.05, 0) is 26.3 Å². The van der Waals surface area contributed by atoms with Crippen molar-refractivity contribution in [2.45, 2.75) is 32.6 Å². The predicted molar refractivity (Wildman–Crippen MR) is 67.4 cm³/mol. The third-order valence-corrected chi connectivity index (χ3v) is 3.54. The number of amides is 1. The molecule has 0 aromatic heterocycles. The molecule has 2 aliphatic heterocycles. The van der Waals surface area contributed by atoms with Gasteiger partial charge in [-0.15, -0.1) is 0 Å². The van der Waals surface area contributed by atoms with E-state index in [1.807, 2.05) is 39.0 Å². The van der Waals surface area contributed by atoms with Crippen molar-refractivity contribution in [1.82, 2.24) is 0 Å². The van der Waals surface area contributed by atoms with Gasteiger partial charge in [-0.25, -0.2) is 0 Å². The summed E-state index contributed by atoms with van der Waals surface area (Å²) in [5.74, 6) is -1.29. The van der Waals surface area contributed by atoms with Crippen LogP contribution in [0.3, 0.4) is 0 Å². The summed E-state index contributed by atoms with van der Waals surface area (Å²) in [5.41, 5.74) is 2.86. The summed E-state index contributed by atoms with van der Waals surface area (Å²) in [6.45, 7) is 6.94. The maximum atomic E-state index is 12.7. The quantitative estimate of drug-likeness (QED) is 0.761. The van der Waals surface area contributed by atoms with Gasteiger partial charge in [-0.1, -0.05) is 18.2 Å². The Balaban J connectivity index is 2.24. The van der Waals surface area contributed by atoms with Gasteiger partial charge in [0.1, 0.15) is 0 Å². The van der Waals surface area contributed by atoms with Crippen LogP contribution >= 0.6 is 0 Å². The van der Waals surface area contributed by atoms with E-state index in [2.05, 4.69) is 0 Å². The Bertz CT molecular complexity index is 504. The van der Waals surface area contributed by atoms with Gasteiger partial charge in [0.05, 0.1) is 18.9 Å². The fourth-order valence-corrected chi connectivity index (χ4v) is 2.80. The molecule has 0 bridgehead atoms. The van der Waals surface area contributed by atoms with Gasteiger partial charge in [0, 0.05) is 11.6 Å². The third-order valence-electron chi connectivity index (χ3n) is 3.54. The van der Waals surface area contributed by atoms with Crippen molar-refractivity contribution in [1.29, 1.82) is 0 Å². The summed E-state index contributed by atoms with van der Waals surface area (Å²) in [6, 6.07) is 5.96. The van der Waals surface area contributed by atoms with Crippen LogP contribution in [-0.4, -0.2) is 25.2 Å². The topological polar surface area (TPSA) is 38.8 Å². The number of anilines is 1. The van der Waals surface area contributed by atoms with Gasteiger partial charge < -0.3 is 14.4 Å². The molecule has 2 aliphatic rings. The van der Waals surface area contributed by atoms with E-state index in [1.54, 1.807) is 4.90 Å². The zero-order chi connectivity index (χ0) is 12.9. The lowest BCUT2D eigenvalue weighted by atomic mass is 10.0. The summed E-state index contributed by atoms with van der Waals surface area (Å²) >= 11 is 0. The third kappa shape index (κ3) is 1.30. The first kappa shape index (κ1) is 11.7. The maximum Gasteiger partial charge on any atom is 0.292 e. The van der Waals surface area contributed by atoms with Crippen LogP contribution in [0, 0.1) is 6.92 Å². The zero-order valence-corrected chi connectivity index (χ0v) is 10.9. The Hall–Kier alpha value is -1.39. The first-order chi connectivity index (χ1) is 8.58. The van der Waals surface area contributed by atoms with Gasteiger partial charge in [0.15, 0.2) is 0 Å². The lowest BCUT2D eigenvalue weighted by Gasteiger charge is -2.25. The fraction of sp³-hybridized carbons (Fsp3) is 0.500. The number of carbonyl (C=O) groups excluding carboxylic acids is 1. The SMILES string of the molecule is Cc1cccc2c1N(C(C)C)C(=O)C21OCCO1. The van der Waals surface area contributed by atoms with E-state index in [9.17, 15) is 4.79 Å². The molecular formula is C14H17NO3. The van der Waals surface area contributed by atoms with Crippen molar-refractivity contribution in [3.05, 3.63) is 29.3 Å². The molecule has 1 saturated heterocycles. The molecule has 2 heterocycles. The van der Waals surface area contributed by atoms with Gasteiger partial charge >= 0.3 is 0 Å². The highest BCUT2D eigenvalue weighted by Gasteiger charge is 2.56. The second-order valence-corrected chi connectivity index (χ2v) is 5.05. The molecule has 96 valence electrons. The first-order valence-electron chi connectivity index (χ1n) is 6.29. The number of fused-ring (bicyclic) bond motifs is 2. The number of rotatable bonds is 1. The van der Waals surface area contributed by atoms with E-state index in [0.717, 1.165) is 16.8 Å². The number of ether oxygens (including phenoxy) is 2. The van der Waals surface area contributed by atoms with E-state index in [1.165, 1.54) is 0 Å². The van der Waals surface area contributed by atoms with Crippen LogP contribution in [0.15, 0.2) is 18.2 Å². The highest BCUT2D eigenvalue weighted by atomic mass is 16.7. The van der Waals surface area contributed by atoms with Gasteiger partial charge in [0.2, 0.25) is 0 Å². The Morgan fingerprint density at radius 1 is 1.28 bits per heavy atom. The standard InChI is InChI=1S/C14H17NO3/c1-9(2)15-12-10(3)5-4-6-11(12)14(13(15)16)17-7-8-18-14/h4-6,9H,7-8H2,1-3H3. The number of carbonyl (C=O) groups is 1. The van der Waals surface area contributed by atoms with Crippen molar-refractivity contribution >= 4 is 11.6 Å². The van der Waals surface area contributed by atoms with Crippen LogP contribution in [0.2, 0.25) is 0 Å². The lowest BCUT2D eigenvalue weighted by molar-refractivity contribution is -0.181. The molecule has 1 spiro atoms. The molecule has 1 aromatic rings. The highest BCUT2D eigenvalue weighted by molar-refractivity contribution is 6.07. The Morgan fingerprint density at radius 3 is 2.56 bits per heavy atom. The van der Waals surface area contributed by atoms with Gasteiger partial charge in [-0.3, -0.25) is 4.79 Å². The number of benzene rings is 1. The van der Waals surface area contributed by atoms with Crippen molar-refractivity contribution < 1.29 is 14.3 Å². The monoisotopic (exact) mass is 247 g/mol. The number of aryl methyl sites for hydroxylation is 1. The number of hydrogen-bond donors (Lipinski definition) is 0. The first-order valence-corrected chi connectivity index (χ1v) is 6.29. The van der Waals surface area contributed by atoms with Crippen LogP contribution in [0.1, 0.15) is 25.0 Å². The highest BCUT2D eigenvalue weighted by Crippen LogP contribution is 2.47. The van der Waals surface area contributed by atoms with Crippen LogP contribution in [0.25, 0.3) is 0 Å². The minimum absolute atomic E-state index is 0.0875. The molecule has 4 nitrogen and oxygen atoms in total. The normalized spacial score (nSPS) is 21.1. The van der Waals surface area contributed by atoms with E-state index < -0.39 is 5.79 Å². The molecular weight excluding hydrogens is 230 g/mol. The lowest BCUT2D eigenvalue weighted by Crippen LogP contribution is -2.44. The largest absolute Gasteiger partial charge is 0.336 e. The minimum atomic E-state index is -1.19. The van der Waals surface area contributed by atoms with Crippen molar-refractivity contribution in [3.63, 3.8) is 0 Å². The summed E-state index contributed by atoms with van der Waals surface area (Å²) in [6.07, 6.45) is 0. The molecule has 1 aromatic carbocycles. The predicted octanol–water partition coefficient (Wildman–Crippen LogP) is 1.95. The average Bonchev–Trinajstić information content (AvgIpc) is 2.89. The minimum Gasteiger partial charge on any atom is -0.336 e. The molecule has 18 heavy (non-hydrogen) atoms. The fourth-order valence-electron chi connectivity index (χ4n) is 2.80.